The number of aliphatic hydroxyl groups is 1. The molecule has 4 nitrogen and oxygen atoms in total. The summed E-state index contributed by atoms with van der Waals surface area (Å²) in [6, 6.07) is 6.33. The number of aryl methyl sites for hydroxylation is 3. The van der Waals surface area contributed by atoms with Crippen molar-refractivity contribution in [2.45, 2.75) is 32.3 Å². The van der Waals surface area contributed by atoms with E-state index in [0.717, 1.165) is 36.5 Å². The molecule has 2 aromatic rings. The summed E-state index contributed by atoms with van der Waals surface area (Å²) in [7, 11) is 1.88. The fourth-order valence-electron chi connectivity index (χ4n) is 2.80. The SMILES string of the molecule is Cc1nn(C)cc1C(O)CCc1ccc2c(c1)CCO2. The highest BCUT2D eigenvalue weighted by molar-refractivity contribution is 5.39. The van der Waals surface area contributed by atoms with Crippen LogP contribution in [0.1, 0.15) is 34.9 Å². The normalized spacial score (nSPS) is 14.9. The minimum atomic E-state index is -0.451. The van der Waals surface area contributed by atoms with Crippen molar-refractivity contribution in [2.75, 3.05) is 6.61 Å². The van der Waals surface area contributed by atoms with Crippen LogP contribution in [-0.4, -0.2) is 21.5 Å². The number of ether oxygens (including phenoxy) is 1. The lowest BCUT2D eigenvalue weighted by Gasteiger charge is -2.10. The molecule has 1 aliphatic rings. The predicted molar refractivity (Wildman–Crippen MR) is 76.9 cm³/mol. The maximum absolute atomic E-state index is 10.3. The highest BCUT2D eigenvalue weighted by Gasteiger charge is 2.15. The molecule has 1 unspecified atom stereocenters. The van der Waals surface area contributed by atoms with Crippen LogP contribution in [0.5, 0.6) is 5.75 Å². The van der Waals surface area contributed by atoms with Crippen LogP contribution in [0.25, 0.3) is 0 Å². The lowest BCUT2D eigenvalue weighted by molar-refractivity contribution is 0.167. The second-order valence-electron chi connectivity index (χ2n) is 5.44. The number of fused-ring (bicyclic) bond motifs is 1. The van der Waals surface area contributed by atoms with Gasteiger partial charge in [-0.15, -0.1) is 0 Å². The second-order valence-corrected chi connectivity index (χ2v) is 5.44. The molecule has 2 heterocycles. The second kappa shape index (κ2) is 5.29. The lowest BCUT2D eigenvalue weighted by Crippen LogP contribution is -2.00. The number of hydrogen-bond acceptors (Lipinski definition) is 3. The molecule has 106 valence electrons. The molecule has 20 heavy (non-hydrogen) atoms. The minimum Gasteiger partial charge on any atom is -0.493 e. The van der Waals surface area contributed by atoms with Crippen LogP contribution < -0.4 is 4.74 Å². The average Bonchev–Trinajstić information content (AvgIpc) is 3.01. The molecule has 4 heteroatoms. The topological polar surface area (TPSA) is 47.3 Å². The van der Waals surface area contributed by atoms with Gasteiger partial charge >= 0.3 is 0 Å². The van der Waals surface area contributed by atoms with Crippen LogP contribution in [0.2, 0.25) is 0 Å². The molecule has 1 aliphatic heterocycles. The van der Waals surface area contributed by atoms with Crippen LogP contribution in [0.3, 0.4) is 0 Å². The van der Waals surface area contributed by atoms with Crippen molar-refractivity contribution in [2.24, 2.45) is 7.05 Å². The van der Waals surface area contributed by atoms with E-state index >= 15 is 0 Å². The highest BCUT2D eigenvalue weighted by atomic mass is 16.5. The van der Waals surface area contributed by atoms with Gasteiger partial charge < -0.3 is 9.84 Å². The third kappa shape index (κ3) is 2.56. The van der Waals surface area contributed by atoms with E-state index in [1.807, 2.05) is 26.2 Å². The maximum Gasteiger partial charge on any atom is 0.122 e. The first-order chi connectivity index (χ1) is 9.63. The van der Waals surface area contributed by atoms with E-state index in [-0.39, 0.29) is 0 Å². The predicted octanol–water partition coefficient (Wildman–Crippen LogP) is 2.33. The molecule has 1 N–H and O–H groups in total. The minimum absolute atomic E-state index is 0.451. The average molecular weight is 272 g/mol. The monoisotopic (exact) mass is 272 g/mol. The van der Waals surface area contributed by atoms with Gasteiger partial charge in [-0.2, -0.15) is 5.10 Å². The van der Waals surface area contributed by atoms with Gasteiger partial charge in [0.2, 0.25) is 0 Å². The summed E-state index contributed by atoms with van der Waals surface area (Å²) in [6.45, 7) is 2.72. The van der Waals surface area contributed by atoms with Gasteiger partial charge in [-0.05, 0) is 37.0 Å². The van der Waals surface area contributed by atoms with Gasteiger partial charge in [0.15, 0.2) is 0 Å². The first-order valence-electron chi connectivity index (χ1n) is 7.06. The van der Waals surface area contributed by atoms with E-state index in [9.17, 15) is 5.11 Å². The smallest absolute Gasteiger partial charge is 0.122 e. The standard InChI is InChI=1S/C16H20N2O2/c1-11-14(10-18(2)17-11)15(19)5-3-12-4-6-16-13(9-12)7-8-20-16/h4,6,9-10,15,19H,3,5,7-8H2,1-2H3. The Morgan fingerprint density at radius 1 is 1.45 bits per heavy atom. The van der Waals surface area contributed by atoms with Crippen LogP contribution >= 0.6 is 0 Å². The van der Waals surface area contributed by atoms with Gasteiger partial charge in [-0.25, -0.2) is 0 Å². The summed E-state index contributed by atoms with van der Waals surface area (Å²) in [6.07, 6.45) is 4.02. The van der Waals surface area contributed by atoms with Crippen LogP contribution in [-0.2, 0) is 19.9 Å². The van der Waals surface area contributed by atoms with Crippen molar-refractivity contribution in [3.63, 3.8) is 0 Å². The van der Waals surface area contributed by atoms with Gasteiger partial charge in [0.05, 0.1) is 18.4 Å². The molecule has 0 aliphatic carbocycles. The molecule has 0 saturated heterocycles. The number of aromatic nitrogens is 2. The Morgan fingerprint density at radius 2 is 2.30 bits per heavy atom. The molecule has 1 aromatic carbocycles. The molecular formula is C16H20N2O2. The maximum atomic E-state index is 10.3. The number of hydrogen-bond donors (Lipinski definition) is 1. The quantitative estimate of drug-likeness (QED) is 0.929. The van der Waals surface area contributed by atoms with E-state index in [4.69, 9.17) is 4.74 Å². The van der Waals surface area contributed by atoms with Gasteiger partial charge in [0, 0.05) is 25.2 Å². The molecule has 0 fully saturated rings. The molecule has 1 aromatic heterocycles. The van der Waals surface area contributed by atoms with Gasteiger partial charge in [-0.3, -0.25) is 4.68 Å². The Labute approximate surface area is 119 Å². The highest BCUT2D eigenvalue weighted by Crippen LogP contribution is 2.27. The zero-order chi connectivity index (χ0) is 14.1. The fourth-order valence-corrected chi connectivity index (χ4v) is 2.80. The summed E-state index contributed by atoms with van der Waals surface area (Å²) in [5.74, 6) is 1.01. The van der Waals surface area contributed by atoms with Crippen molar-refractivity contribution in [3.8, 4) is 5.75 Å². The molecule has 0 saturated carbocycles. The molecule has 0 spiro atoms. The van der Waals surface area contributed by atoms with E-state index in [2.05, 4.69) is 17.2 Å². The van der Waals surface area contributed by atoms with E-state index < -0.39 is 6.10 Å². The molecule has 0 bridgehead atoms. The van der Waals surface area contributed by atoms with Crippen molar-refractivity contribution in [3.05, 3.63) is 46.8 Å². The van der Waals surface area contributed by atoms with E-state index in [0.29, 0.717) is 6.42 Å². The Morgan fingerprint density at radius 3 is 3.05 bits per heavy atom. The van der Waals surface area contributed by atoms with E-state index in [1.165, 1.54) is 11.1 Å². The Bertz CT molecular complexity index is 619. The van der Waals surface area contributed by atoms with Crippen LogP contribution in [0, 0.1) is 6.92 Å². The third-order valence-corrected chi connectivity index (χ3v) is 3.87. The van der Waals surface area contributed by atoms with Gasteiger partial charge in [0.1, 0.15) is 5.75 Å². The lowest BCUT2D eigenvalue weighted by atomic mass is 10.00. The number of aliphatic hydroxyl groups excluding tert-OH is 1. The van der Waals surface area contributed by atoms with Gasteiger partial charge in [0.25, 0.3) is 0 Å². The van der Waals surface area contributed by atoms with Gasteiger partial charge in [-0.1, -0.05) is 12.1 Å². The first kappa shape index (κ1) is 13.2. The summed E-state index contributed by atoms with van der Waals surface area (Å²) < 4.78 is 7.26. The van der Waals surface area contributed by atoms with Crippen molar-refractivity contribution in [1.29, 1.82) is 0 Å². The molecule has 0 amide bonds. The van der Waals surface area contributed by atoms with Crippen molar-refractivity contribution < 1.29 is 9.84 Å². The zero-order valence-corrected chi connectivity index (χ0v) is 12.0. The summed E-state index contributed by atoms with van der Waals surface area (Å²) in [4.78, 5) is 0. The van der Waals surface area contributed by atoms with Crippen molar-refractivity contribution >= 4 is 0 Å². The Balaban J connectivity index is 1.66. The molecule has 3 rings (SSSR count). The van der Waals surface area contributed by atoms with Crippen LogP contribution in [0.15, 0.2) is 24.4 Å². The molecular weight excluding hydrogens is 252 g/mol. The number of rotatable bonds is 4. The van der Waals surface area contributed by atoms with Crippen molar-refractivity contribution in [1.82, 2.24) is 9.78 Å². The number of nitrogens with zero attached hydrogens (tertiary/aromatic N) is 2. The Kier molecular flexibility index (Phi) is 3.49. The fraction of sp³-hybridized carbons (Fsp3) is 0.438. The summed E-state index contributed by atoms with van der Waals surface area (Å²) in [5.41, 5.74) is 4.38. The summed E-state index contributed by atoms with van der Waals surface area (Å²) in [5, 5.41) is 14.6. The molecule has 1 atom stereocenters. The number of benzene rings is 1. The zero-order valence-electron chi connectivity index (χ0n) is 12.0. The molecule has 0 radical (unpaired) electrons. The summed E-state index contributed by atoms with van der Waals surface area (Å²) >= 11 is 0. The van der Waals surface area contributed by atoms with Crippen LogP contribution in [0.4, 0.5) is 0 Å². The van der Waals surface area contributed by atoms with E-state index in [1.54, 1.807) is 4.68 Å². The Hall–Kier alpha value is -1.81. The first-order valence-corrected chi connectivity index (χ1v) is 7.06. The largest absolute Gasteiger partial charge is 0.493 e. The third-order valence-electron chi connectivity index (χ3n) is 3.87.